The third kappa shape index (κ3) is 2.41. The second kappa shape index (κ2) is 5.46. The van der Waals surface area contributed by atoms with Gasteiger partial charge in [0.05, 0.1) is 6.20 Å². The fourth-order valence-corrected chi connectivity index (χ4v) is 4.65. The minimum absolute atomic E-state index is 0.0744. The SMILES string of the molecule is CN1CC2CCC1(C(N)c1cccc(-c3cnn(C)c3)c1)CC2. The number of rotatable bonds is 3. The summed E-state index contributed by atoms with van der Waals surface area (Å²) in [7, 11) is 4.21. The lowest BCUT2D eigenvalue weighted by Crippen LogP contribution is -2.61. The van der Waals surface area contributed by atoms with Crippen molar-refractivity contribution in [2.75, 3.05) is 13.6 Å². The van der Waals surface area contributed by atoms with Crippen LogP contribution in [0.15, 0.2) is 36.7 Å². The Kier molecular flexibility index (Phi) is 3.54. The summed E-state index contributed by atoms with van der Waals surface area (Å²) < 4.78 is 1.84. The number of aromatic nitrogens is 2. The maximum Gasteiger partial charge on any atom is 0.0568 e. The quantitative estimate of drug-likeness (QED) is 0.948. The molecule has 2 aliphatic heterocycles. The van der Waals surface area contributed by atoms with Gasteiger partial charge in [-0.25, -0.2) is 0 Å². The van der Waals surface area contributed by atoms with Crippen LogP contribution in [0, 0.1) is 5.92 Å². The fraction of sp³-hybridized carbons (Fsp3) is 0.526. The summed E-state index contributed by atoms with van der Waals surface area (Å²) in [4.78, 5) is 2.53. The lowest BCUT2D eigenvalue weighted by Gasteiger charge is -2.56. The monoisotopic (exact) mass is 310 g/mol. The van der Waals surface area contributed by atoms with Crippen LogP contribution in [0.3, 0.4) is 0 Å². The molecule has 2 bridgehead atoms. The topological polar surface area (TPSA) is 47.1 Å². The Morgan fingerprint density at radius 1 is 1.22 bits per heavy atom. The van der Waals surface area contributed by atoms with Crippen LogP contribution in [0.5, 0.6) is 0 Å². The van der Waals surface area contributed by atoms with Crippen LogP contribution < -0.4 is 5.73 Å². The van der Waals surface area contributed by atoms with Gasteiger partial charge in [-0.05, 0) is 55.8 Å². The average molecular weight is 310 g/mol. The number of nitrogens with two attached hydrogens (primary N) is 1. The van der Waals surface area contributed by atoms with Crippen LogP contribution >= 0.6 is 0 Å². The number of fused-ring (bicyclic) bond motifs is 3. The van der Waals surface area contributed by atoms with Gasteiger partial charge in [0.25, 0.3) is 0 Å². The van der Waals surface area contributed by atoms with E-state index in [2.05, 4.69) is 47.5 Å². The number of piperidine rings is 2. The van der Waals surface area contributed by atoms with Crippen LogP contribution in [-0.2, 0) is 7.05 Å². The van der Waals surface area contributed by atoms with Crippen molar-refractivity contribution in [3.8, 4) is 11.1 Å². The van der Waals surface area contributed by atoms with Crippen LogP contribution in [-0.4, -0.2) is 33.8 Å². The lowest BCUT2D eigenvalue weighted by atomic mass is 9.66. The van der Waals surface area contributed by atoms with Crippen molar-refractivity contribution < 1.29 is 0 Å². The molecule has 2 saturated heterocycles. The van der Waals surface area contributed by atoms with Crippen molar-refractivity contribution in [2.45, 2.75) is 37.3 Å². The molecular formula is C19H26N4. The van der Waals surface area contributed by atoms with E-state index in [-0.39, 0.29) is 11.6 Å². The molecule has 4 heteroatoms. The van der Waals surface area contributed by atoms with Gasteiger partial charge in [-0.3, -0.25) is 9.58 Å². The molecule has 0 radical (unpaired) electrons. The number of hydrogen-bond donors (Lipinski definition) is 1. The zero-order valence-electron chi connectivity index (χ0n) is 14.1. The van der Waals surface area contributed by atoms with E-state index < -0.39 is 0 Å². The van der Waals surface area contributed by atoms with Gasteiger partial charge in [0.1, 0.15) is 0 Å². The highest BCUT2D eigenvalue weighted by atomic mass is 15.2. The Morgan fingerprint density at radius 2 is 2.00 bits per heavy atom. The Hall–Kier alpha value is -1.65. The molecule has 23 heavy (non-hydrogen) atoms. The smallest absolute Gasteiger partial charge is 0.0568 e. The molecule has 4 nitrogen and oxygen atoms in total. The summed E-state index contributed by atoms with van der Waals surface area (Å²) in [5.41, 5.74) is 10.6. The van der Waals surface area contributed by atoms with Crippen molar-refractivity contribution >= 4 is 0 Å². The molecular weight excluding hydrogens is 284 g/mol. The molecule has 3 aliphatic rings. The van der Waals surface area contributed by atoms with E-state index in [1.807, 2.05) is 17.9 Å². The third-order valence-electron chi connectivity index (χ3n) is 6.13. The van der Waals surface area contributed by atoms with Crippen LogP contribution in [0.1, 0.15) is 37.3 Å². The number of likely N-dealkylation sites (N-methyl/N-ethyl adjacent to an activating group) is 1. The van der Waals surface area contributed by atoms with E-state index in [1.54, 1.807) is 0 Å². The third-order valence-corrected chi connectivity index (χ3v) is 6.13. The molecule has 3 heterocycles. The molecule has 0 amide bonds. The molecule has 1 atom stereocenters. The van der Waals surface area contributed by atoms with Gasteiger partial charge < -0.3 is 5.73 Å². The van der Waals surface area contributed by atoms with Crippen molar-refractivity contribution in [2.24, 2.45) is 18.7 Å². The number of aryl methyl sites for hydroxylation is 1. The summed E-state index contributed by atoms with van der Waals surface area (Å²) >= 11 is 0. The minimum atomic E-state index is 0.0744. The van der Waals surface area contributed by atoms with Crippen LogP contribution in [0.2, 0.25) is 0 Å². The number of hydrogen-bond acceptors (Lipinski definition) is 3. The molecule has 5 rings (SSSR count). The first kappa shape index (κ1) is 14.9. The largest absolute Gasteiger partial charge is 0.322 e. The predicted molar refractivity (Wildman–Crippen MR) is 92.9 cm³/mol. The molecule has 1 aromatic heterocycles. The minimum Gasteiger partial charge on any atom is -0.322 e. The number of benzene rings is 1. The Labute approximate surface area is 138 Å². The normalized spacial score (nSPS) is 28.9. The molecule has 1 aliphatic carbocycles. The van der Waals surface area contributed by atoms with Gasteiger partial charge >= 0.3 is 0 Å². The van der Waals surface area contributed by atoms with E-state index in [1.165, 1.54) is 43.4 Å². The molecule has 1 unspecified atom stereocenters. The summed E-state index contributed by atoms with van der Waals surface area (Å²) in [6.07, 6.45) is 9.10. The highest BCUT2D eigenvalue weighted by Gasteiger charge is 2.48. The van der Waals surface area contributed by atoms with Gasteiger partial charge in [-0.2, -0.15) is 5.10 Å². The lowest BCUT2D eigenvalue weighted by molar-refractivity contribution is -0.0335. The Morgan fingerprint density at radius 3 is 2.65 bits per heavy atom. The van der Waals surface area contributed by atoms with E-state index in [4.69, 9.17) is 5.73 Å². The zero-order valence-corrected chi connectivity index (χ0v) is 14.1. The summed E-state index contributed by atoms with van der Waals surface area (Å²) in [6, 6.07) is 8.79. The molecule has 2 aromatic rings. The Bertz CT molecular complexity index is 697. The predicted octanol–water partition coefficient (Wildman–Crippen LogP) is 2.96. The summed E-state index contributed by atoms with van der Waals surface area (Å²) in [5.74, 6) is 0.885. The molecule has 122 valence electrons. The van der Waals surface area contributed by atoms with Gasteiger partial charge in [-0.15, -0.1) is 0 Å². The highest BCUT2D eigenvalue weighted by molar-refractivity contribution is 5.62. The second-order valence-corrected chi connectivity index (χ2v) is 7.43. The molecule has 0 spiro atoms. The van der Waals surface area contributed by atoms with Crippen molar-refractivity contribution in [1.29, 1.82) is 0 Å². The maximum absolute atomic E-state index is 6.82. The van der Waals surface area contributed by atoms with Crippen molar-refractivity contribution in [3.05, 3.63) is 42.2 Å². The number of nitrogens with zero attached hydrogens (tertiary/aromatic N) is 3. The van der Waals surface area contributed by atoms with E-state index in [9.17, 15) is 0 Å². The molecule has 3 fully saturated rings. The molecule has 1 aromatic carbocycles. The summed E-state index contributed by atoms with van der Waals surface area (Å²) in [5, 5.41) is 4.28. The summed E-state index contributed by atoms with van der Waals surface area (Å²) in [6.45, 7) is 1.20. The van der Waals surface area contributed by atoms with Gasteiger partial charge in [-0.1, -0.05) is 18.2 Å². The van der Waals surface area contributed by atoms with Crippen molar-refractivity contribution in [1.82, 2.24) is 14.7 Å². The van der Waals surface area contributed by atoms with Gasteiger partial charge in [0, 0.05) is 36.9 Å². The zero-order chi connectivity index (χ0) is 16.0. The fourth-order valence-electron chi connectivity index (χ4n) is 4.65. The molecule has 1 saturated carbocycles. The average Bonchev–Trinajstić information content (AvgIpc) is 3.02. The molecule has 2 N–H and O–H groups in total. The van der Waals surface area contributed by atoms with Crippen LogP contribution in [0.25, 0.3) is 11.1 Å². The van der Waals surface area contributed by atoms with E-state index in [0.29, 0.717) is 0 Å². The van der Waals surface area contributed by atoms with Gasteiger partial charge in [0.2, 0.25) is 0 Å². The van der Waals surface area contributed by atoms with Gasteiger partial charge in [0.15, 0.2) is 0 Å². The standard InChI is InChI=1S/C19H26N4/c1-22-12-14-6-8-19(22,9-7-14)18(20)16-5-3-4-15(10-16)17-11-21-23(2)13-17/h3-5,10-11,13-14,18H,6-9,12,20H2,1-2H3. The van der Waals surface area contributed by atoms with E-state index >= 15 is 0 Å². The first-order valence-corrected chi connectivity index (χ1v) is 8.64. The first-order chi connectivity index (χ1) is 11.1. The van der Waals surface area contributed by atoms with E-state index in [0.717, 1.165) is 11.5 Å². The first-order valence-electron chi connectivity index (χ1n) is 8.64. The second-order valence-electron chi connectivity index (χ2n) is 7.43. The van der Waals surface area contributed by atoms with Crippen molar-refractivity contribution in [3.63, 3.8) is 0 Å². The Balaban J connectivity index is 1.67. The van der Waals surface area contributed by atoms with Crippen LogP contribution in [0.4, 0.5) is 0 Å². The highest BCUT2D eigenvalue weighted by Crippen LogP contribution is 2.48. The maximum atomic E-state index is 6.82.